The van der Waals surface area contributed by atoms with E-state index in [1.54, 1.807) is 0 Å². The van der Waals surface area contributed by atoms with Crippen LogP contribution in [0, 0.1) is 5.82 Å². The van der Waals surface area contributed by atoms with Crippen LogP contribution in [0.4, 0.5) is 54.1 Å². The SMILES string of the molecule is CNC(=O)c1c(-c2ccc(F)cc2)oc2nc(NCC(F)(F)F)c(-c3ccc(OC)c(C(=O)NCC(F)(F)C(F)(F)C(F)(F)F)c3)cc12. The van der Waals surface area contributed by atoms with Crippen LogP contribution in [0.5, 0.6) is 5.75 Å². The van der Waals surface area contributed by atoms with Crippen molar-refractivity contribution in [2.75, 3.05) is 32.6 Å². The third-order valence-corrected chi connectivity index (χ3v) is 6.74. The van der Waals surface area contributed by atoms with Crippen molar-refractivity contribution in [3.8, 4) is 28.2 Å². The van der Waals surface area contributed by atoms with Crippen LogP contribution in [0.2, 0.25) is 0 Å². The largest absolute Gasteiger partial charge is 0.496 e. The molecule has 0 spiro atoms. The minimum atomic E-state index is -6.65. The number of carbonyl (C=O) groups excluding carboxylic acids is 2. The molecule has 48 heavy (non-hydrogen) atoms. The summed E-state index contributed by atoms with van der Waals surface area (Å²) in [5.41, 5.74) is -1.49. The van der Waals surface area contributed by atoms with E-state index < -0.39 is 72.0 Å². The molecule has 0 atom stereocenters. The van der Waals surface area contributed by atoms with Crippen LogP contribution in [0.1, 0.15) is 20.7 Å². The number of carbonyl (C=O) groups is 2. The molecule has 0 aliphatic carbocycles. The Hall–Kier alpha value is -5.10. The van der Waals surface area contributed by atoms with Crippen LogP contribution >= 0.6 is 0 Å². The average molecular weight is 698 g/mol. The van der Waals surface area contributed by atoms with Crippen LogP contribution in [-0.4, -0.2) is 68.2 Å². The maximum absolute atomic E-state index is 13.9. The monoisotopic (exact) mass is 698 g/mol. The van der Waals surface area contributed by atoms with Crippen molar-refractivity contribution >= 4 is 28.7 Å². The Bertz CT molecular complexity index is 1840. The highest BCUT2D eigenvalue weighted by atomic mass is 19.4. The van der Waals surface area contributed by atoms with Crippen molar-refractivity contribution in [2.45, 2.75) is 24.2 Å². The molecule has 4 aromatic rings. The summed E-state index contributed by atoms with van der Waals surface area (Å²) in [5.74, 6) is -16.4. The molecular formula is C29H21F11N4O4. The van der Waals surface area contributed by atoms with E-state index in [0.29, 0.717) is 0 Å². The number of benzene rings is 2. The standard InChI is InChI=1S/C29H21F11N4O4/c1-41-24(46)20-18-10-16(22(42-12-27(33,34)35)44-25(18)48-21(20)13-3-6-15(30)7-4-13)14-5-8-19(47-2)17(9-14)23(45)43-11-26(31,32)28(36,37)29(38,39)40/h3-10H,11-12H2,1-2H3,(H,41,46)(H,42,44)(H,43,45). The molecule has 19 heteroatoms. The maximum atomic E-state index is 13.9. The van der Waals surface area contributed by atoms with E-state index in [1.807, 2.05) is 5.32 Å². The van der Waals surface area contributed by atoms with Crippen LogP contribution < -0.4 is 20.7 Å². The molecule has 2 aromatic carbocycles. The number of halogens is 11. The molecule has 2 amide bonds. The summed E-state index contributed by atoms with van der Waals surface area (Å²) in [7, 11) is 2.26. The van der Waals surface area contributed by atoms with E-state index in [1.165, 1.54) is 30.6 Å². The van der Waals surface area contributed by atoms with E-state index in [9.17, 15) is 57.9 Å². The summed E-state index contributed by atoms with van der Waals surface area (Å²) in [5, 5.41) is 5.62. The summed E-state index contributed by atoms with van der Waals surface area (Å²) < 4.78 is 156. The Balaban J connectivity index is 1.87. The van der Waals surface area contributed by atoms with Gasteiger partial charge in [-0.25, -0.2) is 4.39 Å². The number of anilines is 1. The summed E-state index contributed by atoms with van der Waals surface area (Å²) >= 11 is 0. The van der Waals surface area contributed by atoms with Crippen molar-refractivity contribution in [3.63, 3.8) is 0 Å². The van der Waals surface area contributed by atoms with Crippen molar-refractivity contribution < 1.29 is 67.0 Å². The number of pyridine rings is 1. The second-order valence-corrected chi connectivity index (χ2v) is 9.97. The van der Waals surface area contributed by atoms with Gasteiger partial charge in [0.15, 0.2) is 0 Å². The second kappa shape index (κ2) is 12.8. The summed E-state index contributed by atoms with van der Waals surface area (Å²) in [6.07, 6.45) is -11.4. The van der Waals surface area contributed by atoms with E-state index >= 15 is 0 Å². The molecule has 0 saturated carbocycles. The highest BCUT2D eigenvalue weighted by Crippen LogP contribution is 2.46. The Morgan fingerprint density at radius 1 is 0.854 bits per heavy atom. The zero-order valence-corrected chi connectivity index (χ0v) is 24.3. The van der Waals surface area contributed by atoms with E-state index in [0.717, 1.165) is 37.4 Å². The molecular weight excluding hydrogens is 677 g/mol. The molecule has 0 saturated heterocycles. The molecule has 0 unspecified atom stereocenters. The van der Waals surface area contributed by atoms with E-state index in [-0.39, 0.29) is 39.1 Å². The minimum Gasteiger partial charge on any atom is -0.496 e. The van der Waals surface area contributed by atoms with Gasteiger partial charge in [0.2, 0.25) is 5.71 Å². The number of nitrogens with one attached hydrogen (secondary N) is 3. The third kappa shape index (κ3) is 7.08. The van der Waals surface area contributed by atoms with Crippen molar-refractivity contribution in [2.24, 2.45) is 0 Å². The number of hydrogen-bond acceptors (Lipinski definition) is 6. The molecule has 258 valence electrons. The van der Waals surface area contributed by atoms with Gasteiger partial charge in [-0.3, -0.25) is 9.59 Å². The van der Waals surface area contributed by atoms with Gasteiger partial charge in [-0.1, -0.05) is 6.07 Å². The third-order valence-electron chi connectivity index (χ3n) is 6.74. The minimum absolute atomic E-state index is 0.0860. The normalized spacial score (nSPS) is 12.6. The molecule has 0 aliphatic heterocycles. The molecule has 8 nitrogen and oxygen atoms in total. The number of nitrogens with zero attached hydrogens (tertiary/aromatic N) is 1. The zero-order valence-electron chi connectivity index (χ0n) is 24.3. The van der Waals surface area contributed by atoms with E-state index in [4.69, 9.17) is 9.15 Å². The van der Waals surface area contributed by atoms with Crippen molar-refractivity contribution in [3.05, 3.63) is 65.5 Å². The summed E-state index contributed by atoms with van der Waals surface area (Å²) in [6, 6.07) is 8.82. The van der Waals surface area contributed by atoms with Gasteiger partial charge >= 0.3 is 24.2 Å². The Morgan fingerprint density at radius 3 is 2.04 bits per heavy atom. The number of ether oxygens (including phenoxy) is 1. The second-order valence-electron chi connectivity index (χ2n) is 9.97. The van der Waals surface area contributed by atoms with Crippen molar-refractivity contribution in [1.29, 1.82) is 0 Å². The number of fused-ring (bicyclic) bond motifs is 1. The number of furan rings is 1. The van der Waals surface area contributed by atoms with Crippen LogP contribution in [0.3, 0.4) is 0 Å². The first-order valence-electron chi connectivity index (χ1n) is 13.3. The fourth-order valence-electron chi connectivity index (χ4n) is 4.37. The topological polar surface area (TPSA) is 105 Å². The molecule has 0 radical (unpaired) electrons. The molecule has 0 fully saturated rings. The molecule has 2 heterocycles. The fourth-order valence-corrected chi connectivity index (χ4v) is 4.37. The lowest BCUT2D eigenvalue weighted by Gasteiger charge is -2.28. The quantitative estimate of drug-likeness (QED) is 0.151. The number of methoxy groups -OCH3 is 1. The van der Waals surface area contributed by atoms with Gasteiger partial charge in [-0.05, 0) is 48.0 Å². The summed E-state index contributed by atoms with van der Waals surface area (Å²) in [6.45, 7) is -4.12. The fraction of sp³-hybridized carbons (Fsp3) is 0.276. The van der Waals surface area contributed by atoms with Gasteiger partial charge in [0.25, 0.3) is 11.8 Å². The Labute approximate surface area is 262 Å². The number of alkyl halides is 10. The van der Waals surface area contributed by atoms with Gasteiger partial charge in [-0.2, -0.15) is 48.9 Å². The van der Waals surface area contributed by atoms with Gasteiger partial charge < -0.3 is 25.1 Å². The lowest BCUT2D eigenvalue weighted by atomic mass is 9.99. The van der Waals surface area contributed by atoms with Crippen LogP contribution in [0.15, 0.2) is 52.9 Å². The summed E-state index contributed by atoms with van der Waals surface area (Å²) in [4.78, 5) is 29.9. The lowest BCUT2D eigenvalue weighted by Crippen LogP contribution is -2.56. The number of hydrogen-bond donors (Lipinski definition) is 3. The van der Waals surface area contributed by atoms with Gasteiger partial charge in [0, 0.05) is 18.2 Å². The number of amides is 2. The molecule has 4 rings (SSSR count). The van der Waals surface area contributed by atoms with Gasteiger partial charge in [0.1, 0.15) is 29.7 Å². The number of rotatable bonds is 10. The first kappa shape index (κ1) is 35.7. The predicted molar refractivity (Wildman–Crippen MR) is 148 cm³/mol. The van der Waals surface area contributed by atoms with Gasteiger partial charge in [0.05, 0.1) is 30.2 Å². The Kier molecular flexibility index (Phi) is 9.56. The molecule has 0 bridgehead atoms. The van der Waals surface area contributed by atoms with Gasteiger partial charge in [-0.15, -0.1) is 0 Å². The molecule has 3 N–H and O–H groups in total. The smallest absolute Gasteiger partial charge is 0.459 e. The van der Waals surface area contributed by atoms with Crippen LogP contribution in [-0.2, 0) is 0 Å². The molecule has 2 aromatic heterocycles. The lowest BCUT2D eigenvalue weighted by molar-refractivity contribution is -0.352. The van der Waals surface area contributed by atoms with Crippen molar-refractivity contribution in [1.82, 2.24) is 15.6 Å². The first-order valence-corrected chi connectivity index (χ1v) is 13.3. The average Bonchev–Trinajstić information content (AvgIpc) is 3.39. The highest BCUT2D eigenvalue weighted by molar-refractivity contribution is 6.11. The van der Waals surface area contributed by atoms with Crippen LogP contribution in [0.25, 0.3) is 33.6 Å². The molecule has 0 aliphatic rings. The Morgan fingerprint density at radius 2 is 1.48 bits per heavy atom. The number of aromatic nitrogens is 1. The maximum Gasteiger partial charge on any atom is 0.459 e. The highest BCUT2D eigenvalue weighted by Gasteiger charge is 2.72. The zero-order chi connectivity index (χ0) is 35.8. The predicted octanol–water partition coefficient (Wildman–Crippen LogP) is 7.21. The van der Waals surface area contributed by atoms with E-state index in [2.05, 4.69) is 10.3 Å². The first-order chi connectivity index (χ1) is 22.2.